The fourth-order valence-electron chi connectivity index (χ4n) is 7.32. The average molecular weight is 591 g/mol. The number of para-hydroxylation sites is 2. The number of fused-ring (bicyclic) bond motifs is 4. The Hall–Kier alpha value is -5.93. The number of hydrogen-bond acceptors (Lipinski definition) is 3. The van der Waals surface area contributed by atoms with Crippen molar-refractivity contribution in [2.45, 2.75) is 11.5 Å². The van der Waals surface area contributed by atoms with Gasteiger partial charge in [-0.3, -0.25) is 4.99 Å². The van der Waals surface area contributed by atoms with Crippen LogP contribution in [0.1, 0.15) is 33.9 Å². The smallest absolute Gasteiger partial charge is 0.132 e. The SMILES string of the molecule is C1=Nc2c(cccc2-c2ccccc2)NC1c1ccc2c(c1)C(c1ccccc1)(c1ccc3ccccc3c1)c1ccccc1O2. The molecule has 0 bridgehead atoms. The zero-order chi connectivity index (χ0) is 30.5. The molecule has 2 heterocycles. The van der Waals surface area contributed by atoms with Crippen LogP contribution in [-0.2, 0) is 5.41 Å². The highest BCUT2D eigenvalue weighted by Crippen LogP contribution is 2.56. The van der Waals surface area contributed by atoms with Crippen molar-refractivity contribution in [1.29, 1.82) is 0 Å². The van der Waals surface area contributed by atoms with Crippen LogP contribution in [-0.4, -0.2) is 6.21 Å². The molecular formula is C43H30N2O. The summed E-state index contributed by atoms with van der Waals surface area (Å²) in [4.78, 5) is 5.04. The summed E-state index contributed by atoms with van der Waals surface area (Å²) in [5, 5.41) is 6.22. The summed E-state index contributed by atoms with van der Waals surface area (Å²) in [6.45, 7) is 0. The van der Waals surface area contributed by atoms with E-state index in [1.54, 1.807) is 0 Å². The van der Waals surface area contributed by atoms with E-state index >= 15 is 0 Å². The van der Waals surface area contributed by atoms with Crippen molar-refractivity contribution in [2.75, 3.05) is 5.32 Å². The number of rotatable bonds is 4. The molecule has 0 saturated heterocycles. The van der Waals surface area contributed by atoms with E-state index in [2.05, 4.69) is 163 Å². The van der Waals surface area contributed by atoms with Gasteiger partial charge < -0.3 is 10.1 Å². The third-order valence-corrected chi connectivity index (χ3v) is 9.45. The minimum Gasteiger partial charge on any atom is -0.457 e. The molecule has 2 atom stereocenters. The van der Waals surface area contributed by atoms with Crippen molar-refractivity contribution in [2.24, 2.45) is 4.99 Å². The summed E-state index contributed by atoms with van der Waals surface area (Å²) in [7, 11) is 0. The Morgan fingerprint density at radius 2 is 1.28 bits per heavy atom. The molecule has 46 heavy (non-hydrogen) atoms. The van der Waals surface area contributed by atoms with Gasteiger partial charge in [0.1, 0.15) is 11.5 Å². The molecule has 1 N–H and O–H groups in total. The predicted octanol–water partition coefficient (Wildman–Crippen LogP) is 10.9. The van der Waals surface area contributed by atoms with Crippen LogP contribution in [0.25, 0.3) is 21.9 Å². The third kappa shape index (κ3) is 4.09. The summed E-state index contributed by atoms with van der Waals surface area (Å²) < 4.78 is 6.67. The van der Waals surface area contributed by atoms with E-state index in [9.17, 15) is 0 Å². The molecule has 0 amide bonds. The average Bonchev–Trinajstić information content (AvgIpc) is 3.13. The van der Waals surface area contributed by atoms with Gasteiger partial charge in [-0.25, -0.2) is 0 Å². The lowest BCUT2D eigenvalue weighted by atomic mass is 9.63. The fourth-order valence-corrected chi connectivity index (χ4v) is 7.32. The molecule has 3 heteroatoms. The Balaban J connectivity index is 1.24. The van der Waals surface area contributed by atoms with Gasteiger partial charge >= 0.3 is 0 Å². The summed E-state index contributed by atoms with van der Waals surface area (Å²) in [6, 6.07) is 58.1. The lowest BCUT2D eigenvalue weighted by molar-refractivity contribution is 0.434. The molecule has 2 aliphatic heterocycles. The van der Waals surface area contributed by atoms with Gasteiger partial charge in [0.25, 0.3) is 0 Å². The second kappa shape index (κ2) is 10.6. The van der Waals surface area contributed by atoms with E-state index in [0.29, 0.717) is 0 Å². The molecule has 2 unspecified atom stereocenters. The largest absolute Gasteiger partial charge is 0.457 e. The quantitative estimate of drug-likeness (QED) is 0.221. The fraction of sp³-hybridized carbons (Fsp3) is 0.0465. The predicted molar refractivity (Wildman–Crippen MR) is 189 cm³/mol. The van der Waals surface area contributed by atoms with E-state index in [1.165, 1.54) is 21.9 Å². The molecule has 0 spiro atoms. The van der Waals surface area contributed by atoms with Gasteiger partial charge in [-0.1, -0.05) is 133 Å². The second-order valence-corrected chi connectivity index (χ2v) is 12.0. The highest BCUT2D eigenvalue weighted by atomic mass is 16.5. The standard InChI is InChI=1S/C43H30N2O/c1-3-13-30(14-4-1)35-18-11-20-38-42(35)44-28-39(45-38)32-23-25-41-37(27-32)43(33-16-5-2-6-17-33,36-19-9-10-21-40(36)46-41)34-24-22-29-12-7-8-15-31(29)26-34/h1-28,39,45H. The molecule has 3 nitrogen and oxygen atoms in total. The van der Waals surface area contributed by atoms with Crippen LogP contribution in [0.5, 0.6) is 11.5 Å². The van der Waals surface area contributed by atoms with Gasteiger partial charge in [0.2, 0.25) is 0 Å². The van der Waals surface area contributed by atoms with Crippen molar-refractivity contribution in [3.05, 3.63) is 192 Å². The number of nitrogens with one attached hydrogen (secondary N) is 1. The Bertz CT molecular complexity index is 2280. The molecule has 7 aromatic rings. The maximum Gasteiger partial charge on any atom is 0.132 e. The van der Waals surface area contributed by atoms with Crippen molar-refractivity contribution in [3.63, 3.8) is 0 Å². The van der Waals surface area contributed by atoms with Crippen molar-refractivity contribution >= 4 is 28.4 Å². The van der Waals surface area contributed by atoms with Gasteiger partial charge in [-0.15, -0.1) is 0 Å². The maximum atomic E-state index is 6.67. The zero-order valence-corrected chi connectivity index (χ0v) is 25.1. The molecule has 0 aromatic heterocycles. The number of benzene rings is 7. The molecule has 7 aromatic carbocycles. The molecule has 0 saturated carbocycles. The lowest BCUT2D eigenvalue weighted by Gasteiger charge is -2.42. The maximum absolute atomic E-state index is 6.67. The van der Waals surface area contributed by atoms with Crippen LogP contribution >= 0.6 is 0 Å². The molecule has 0 fully saturated rings. The van der Waals surface area contributed by atoms with Gasteiger partial charge in [0.05, 0.1) is 22.8 Å². The van der Waals surface area contributed by atoms with Gasteiger partial charge in [0, 0.05) is 22.9 Å². The Morgan fingerprint density at radius 3 is 2.15 bits per heavy atom. The Kier molecular flexibility index (Phi) is 6.10. The first-order valence-electron chi connectivity index (χ1n) is 15.7. The number of nitrogens with zero attached hydrogens (tertiary/aromatic N) is 1. The molecule has 9 rings (SSSR count). The Morgan fingerprint density at radius 1 is 0.543 bits per heavy atom. The lowest BCUT2D eigenvalue weighted by Crippen LogP contribution is -2.34. The topological polar surface area (TPSA) is 33.6 Å². The van der Waals surface area contributed by atoms with Crippen LogP contribution in [0.4, 0.5) is 11.4 Å². The van der Waals surface area contributed by atoms with Gasteiger partial charge in [-0.05, 0) is 63.4 Å². The first kappa shape index (κ1) is 26.5. The molecule has 0 aliphatic carbocycles. The molecule has 0 radical (unpaired) electrons. The molecular weight excluding hydrogens is 560 g/mol. The zero-order valence-electron chi connectivity index (χ0n) is 25.1. The molecule has 218 valence electrons. The van der Waals surface area contributed by atoms with Crippen LogP contribution in [0, 0.1) is 0 Å². The monoisotopic (exact) mass is 590 g/mol. The highest BCUT2D eigenvalue weighted by molar-refractivity contribution is 5.93. The minimum atomic E-state index is -0.602. The normalized spacial score (nSPS) is 17.7. The van der Waals surface area contributed by atoms with Crippen molar-refractivity contribution < 1.29 is 4.74 Å². The Labute approximate surface area is 268 Å². The van der Waals surface area contributed by atoms with Gasteiger partial charge in [0.15, 0.2) is 0 Å². The van der Waals surface area contributed by atoms with Crippen LogP contribution in [0.15, 0.2) is 169 Å². The summed E-state index contributed by atoms with van der Waals surface area (Å²) >= 11 is 0. The number of aliphatic imine (C=N–C) groups is 1. The summed E-state index contributed by atoms with van der Waals surface area (Å²) in [5.41, 5.74) is 9.44. The third-order valence-electron chi connectivity index (χ3n) is 9.45. The minimum absolute atomic E-state index is 0.105. The number of anilines is 1. The van der Waals surface area contributed by atoms with Crippen LogP contribution < -0.4 is 10.1 Å². The van der Waals surface area contributed by atoms with Crippen LogP contribution in [0.3, 0.4) is 0 Å². The first-order valence-corrected chi connectivity index (χ1v) is 15.7. The van der Waals surface area contributed by atoms with E-state index in [0.717, 1.165) is 50.7 Å². The van der Waals surface area contributed by atoms with Crippen molar-refractivity contribution in [3.8, 4) is 22.6 Å². The first-order chi connectivity index (χ1) is 22.8. The van der Waals surface area contributed by atoms with Crippen molar-refractivity contribution in [1.82, 2.24) is 0 Å². The van der Waals surface area contributed by atoms with Gasteiger partial charge in [-0.2, -0.15) is 0 Å². The highest BCUT2D eigenvalue weighted by Gasteiger charge is 2.45. The molecule has 2 aliphatic rings. The summed E-state index contributed by atoms with van der Waals surface area (Å²) in [5.74, 6) is 1.73. The van der Waals surface area contributed by atoms with E-state index in [4.69, 9.17) is 9.73 Å². The number of hydrogen-bond donors (Lipinski definition) is 1. The number of ether oxygens (including phenoxy) is 1. The van der Waals surface area contributed by atoms with Crippen LogP contribution in [0.2, 0.25) is 0 Å². The van der Waals surface area contributed by atoms with E-state index in [-0.39, 0.29) is 6.04 Å². The summed E-state index contributed by atoms with van der Waals surface area (Å²) in [6.07, 6.45) is 2.04. The second-order valence-electron chi connectivity index (χ2n) is 12.0. The van der Waals surface area contributed by atoms with E-state index < -0.39 is 5.41 Å². The van der Waals surface area contributed by atoms with E-state index in [1.807, 2.05) is 12.3 Å².